The van der Waals surface area contributed by atoms with Gasteiger partial charge in [-0.25, -0.2) is 4.79 Å². The van der Waals surface area contributed by atoms with Crippen molar-refractivity contribution in [2.24, 2.45) is 0 Å². The maximum absolute atomic E-state index is 12.5. The SMILES string of the molecule is COc1ccccc1CN(CCO)C(=O)NC1CCCCC1. The summed E-state index contributed by atoms with van der Waals surface area (Å²) in [6.07, 6.45) is 5.71. The van der Waals surface area contributed by atoms with E-state index >= 15 is 0 Å². The zero-order valence-corrected chi connectivity index (χ0v) is 13.3. The van der Waals surface area contributed by atoms with Gasteiger partial charge in [0, 0.05) is 18.2 Å². The van der Waals surface area contributed by atoms with Crippen molar-refractivity contribution in [3.8, 4) is 5.75 Å². The largest absolute Gasteiger partial charge is 0.496 e. The summed E-state index contributed by atoms with van der Waals surface area (Å²) in [5.41, 5.74) is 0.942. The molecule has 22 heavy (non-hydrogen) atoms. The molecule has 1 aromatic rings. The second-order valence-electron chi connectivity index (χ2n) is 5.74. The molecule has 1 fully saturated rings. The van der Waals surface area contributed by atoms with Gasteiger partial charge < -0.3 is 20.1 Å². The first kappa shape index (κ1) is 16.6. The predicted molar refractivity (Wildman–Crippen MR) is 85.9 cm³/mol. The molecule has 2 amide bonds. The Morgan fingerprint density at radius 1 is 1.32 bits per heavy atom. The number of aliphatic hydroxyl groups excluding tert-OH is 1. The van der Waals surface area contributed by atoms with Crippen LogP contribution in [-0.2, 0) is 6.54 Å². The van der Waals surface area contributed by atoms with Gasteiger partial charge in [0.05, 0.1) is 20.3 Å². The van der Waals surface area contributed by atoms with Crippen molar-refractivity contribution in [2.75, 3.05) is 20.3 Å². The first-order valence-corrected chi connectivity index (χ1v) is 8.02. The summed E-state index contributed by atoms with van der Waals surface area (Å²) in [6, 6.07) is 7.81. The molecule has 5 nitrogen and oxygen atoms in total. The molecule has 0 bridgehead atoms. The number of methoxy groups -OCH3 is 1. The lowest BCUT2D eigenvalue weighted by Crippen LogP contribution is -2.46. The lowest BCUT2D eigenvalue weighted by Gasteiger charge is -2.28. The highest BCUT2D eigenvalue weighted by Crippen LogP contribution is 2.20. The van der Waals surface area contributed by atoms with Crippen LogP contribution in [0.1, 0.15) is 37.7 Å². The van der Waals surface area contributed by atoms with Gasteiger partial charge in [-0.05, 0) is 18.9 Å². The summed E-state index contributed by atoms with van der Waals surface area (Å²) >= 11 is 0. The molecule has 0 aromatic heterocycles. The zero-order chi connectivity index (χ0) is 15.8. The van der Waals surface area contributed by atoms with Crippen molar-refractivity contribution < 1.29 is 14.6 Å². The normalized spacial score (nSPS) is 15.4. The third kappa shape index (κ3) is 4.63. The van der Waals surface area contributed by atoms with Crippen molar-refractivity contribution in [3.63, 3.8) is 0 Å². The number of aliphatic hydroxyl groups is 1. The van der Waals surface area contributed by atoms with E-state index < -0.39 is 0 Å². The molecule has 0 spiro atoms. The Hall–Kier alpha value is -1.75. The maximum atomic E-state index is 12.5. The van der Waals surface area contributed by atoms with Gasteiger partial charge in [0.25, 0.3) is 0 Å². The van der Waals surface area contributed by atoms with Crippen LogP contribution in [0.5, 0.6) is 5.75 Å². The molecule has 1 aromatic carbocycles. The summed E-state index contributed by atoms with van der Waals surface area (Å²) in [7, 11) is 1.62. The van der Waals surface area contributed by atoms with E-state index in [9.17, 15) is 9.90 Å². The molecule has 5 heteroatoms. The number of carbonyl (C=O) groups excluding carboxylic acids is 1. The minimum atomic E-state index is -0.105. The monoisotopic (exact) mass is 306 g/mol. The Morgan fingerprint density at radius 2 is 2.05 bits per heavy atom. The topological polar surface area (TPSA) is 61.8 Å². The van der Waals surface area contributed by atoms with Gasteiger partial charge in [-0.1, -0.05) is 37.5 Å². The van der Waals surface area contributed by atoms with Crippen molar-refractivity contribution in [1.29, 1.82) is 0 Å². The van der Waals surface area contributed by atoms with Gasteiger partial charge in [-0.3, -0.25) is 0 Å². The standard InChI is InChI=1S/C17H26N2O3/c1-22-16-10-6-5-7-14(16)13-19(11-12-20)17(21)18-15-8-3-2-4-9-15/h5-7,10,15,20H,2-4,8-9,11-13H2,1H3,(H,18,21). The number of rotatable bonds is 6. The van der Waals surface area contributed by atoms with Crippen LogP contribution in [0.2, 0.25) is 0 Å². The Bertz CT molecular complexity index is 473. The minimum Gasteiger partial charge on any atom is -0.496 e. The van der Waals surface area contributed by atoms with Crippen LogP contribution < -0.4 is 10.1 Å². The molecule has 0 saturated heterocycles. The summed E-state index contributed by atoms with van der Waals surface area (Å²) in [5, 5.41) is 12.3. The number of nitrogens with zero attached hydrogens (tertiary/aromatic N) is 1. The first-order valence-electron chi connectivity index (χ1n) is 8.02. The highest BCUT2D eigenvalue weighted by molar-refractivity contribution is 5.74. The van der Waals surface area contributed by atoms with Crippen LogP contribution >= 0.6 is 0 Å². The minimum absolute atomic E-state index is 0.0484. The number of amides is 2. The molecule has 0 unspecified atom stereocenters. The van der Waals surface area contributed by atoms with E-state index in [4.69, 9.17) is 4.74 Å². The molecule has 1 aliphatic rings. The highest BCUT2D eigenvalue weighted by Gasteiger charge is 2.20. The van der Waals surface area contributed by atoms with Gasteiger partial charge in [0.15, 0.2) is 0 Å². The number of hydrogen-bond acceptors (Lipinski definition) is 3. The van der Waals surface area contributed by atoms with E-state index in [-0.39, 0.29) is 18.7 Å². The molecular weight excluding hydrogens is 280 g/mol. The molecule has 2 rings (SSSR count). The molecule has 0 heterocycles. The number of hydrogen-bond donors (Lipinski definition) is 2. The lowest BCUT2D eigenvalue weighted by molar-refractivity contribution is 0.167. The van der Waals surface area contributed by atoms with Crippen LogP contribution in [-0.4, -0.2) is 42.3 Å². The third-order valence-corrected chi connectivity index (χ3v) is 4.14. The summed E-state index contributed by atoms with van der Waals surface area (Å²) < 4.78 is 5.33. The number of urea groups is 1. The van der Waals surface area contributed by atoms with E-state index in [1.807, 2.05) is 24.3 Å². The van der Waals surface area contributed by atoms with Crippen molar-refractivity contribution >= 4 is 6.03 Å². The average Bonchev–Trinajstić information content (AvgIpc) is 2.56. The van der Waals surface area contributed by atoms with Crippen LogP contribution in [0.25, 0.3) is 0 Å². The van der Waals surface area contributed by atoms with Gasteiger partial charge in [-0.15, -0.1) is 0 Å². The summed E-state index contributed by atoms with van der Waals surface area (Å²) in [4.78, 5) is 14.1. The Balaban J connectivity index is 2.00. The van der Waals surface area contributed by atoms with Gasteiger partial charge in [0.1, 0.15) is 5.75 Å². The molecule has 2 N–H and O–H groups in total. The van der Waals surface area contributed by atoms with Crippen molar-refractivity contribution in [1.82, 2.24) is 10.2 Å². The van der Waals surface area contributed by atoms with E-state index in [2.05, 4.69) is 5.32 Å². The van der Waals surface area contributed by atoms with Gasteiger partial charge >= 0.3 is 6.03 Å². The average molecular weight is 306 g/mol. The summed E-state index contributed by atoms with van der Waals surface area (Å²) in [5.74, 6) is 0.760. The maximum Gasteiger partial charge on any atom is 0.317 e. The van der Waals surface area contributed by atoms with E-state index in [0.717, 1.165) is 24.2 Å². The number of ether oxygens (including phenoxy) is 1. The number of nitrogens with one attached hydrogen (secondary N) is 1. The molecule has 122 valence electrons. The van der Waals surface area contributed by atoms with Gasteiger partial charge in [-0.2, -0.15) is 0 Å². The highest BCUT2D eigenvalue weighted by atomic mass is 16.5. The van der Waals surface area contributed by atoms with E-state index in [0.29, 0.717) is 13.1 Å². The van der Waals surface area contributed by atoms with Crippen LogP contribution in [0.3, 0.4) is 0 Å². The lowest BCUT2D eigenvalue weighted by atomic mass is 9.96. The smallest absolute Gasteiger partial charge is 0.317 e. The fourth-order valence-electron chi connectivity index (χ4n) is 2.93. The Morgan fingerprint density at radius 3 is 2.73 bits per heavy atom. The Kier molecular flexibility index (Phi) is 6.52. The quantitative estimate of drug-likeness (QED) is 0.849. The molecule has 0 atom stereocenters. The predicted octanol–water partition coefficient (Wildman–Crippen LogP) is 2.53. The number of carbonyl (C=O) groups is 1. The zero-order valence-electron chi connectivity index (χ0n) is 13.3. The van der Waals surface area contributed by atoms with Crippen LogP contribution in [0.15, 0.2) is 24.3 Å². The fraction of sp³-hybridized carbons (Fsp3) is 0.588. The first-order chi connectivity index (χ1) is 10.7. The molecule has 1 saturated carbocycles. The Labute approximate surface area is 132 Å². The molecule has 0 aliphatic heterocycles. The molecule has 1 aliphatic carbocycles. The van der Waals surface area contributed by atoms with Crippen molar-refractivity contribution in [3.05, 3.63) is 29.8 Å². The third-order valence-electron chi connectivity index (χ3n) is 4.14. The molecular formula is C17H26N2O3. The molecule has 0 radical (unpaired) electrons. The van der Waals surface area contributed by atoms with Crippen LogP contribution in [0, 0.1) is 0 Å². The number of para-hydroxylation sites is 1. The fourth-order valence-corrected chi connectivity index (χ4v) is 2.93. The van der Waals surface area contributed by atoms with E-state index in [1.54, 1.807) is 12.0 Å². The second-order valence-corrected chi connectivity index (χ2v) is 5.74. The van der Waals surface area contributed by atoms with Gasteiger partial charge in [0.2, 0.25) is 0 Å². The van der Waals surface area contributed by atoms with Crippen LogP contribution in [0.4, 0.5) is 4.79 Å². The van der Waals surface area contributed by atoms with E-state index in [1.165, 1.54) is 19.3 Å². The summed E-state index contributed by atoms with van der Waals surface area (Å²) in [6.45, 7) is 0.701. The van der Waals surface area contributed by atoms with Crippen molar-refractivity contribution in [2.45, 2.75) is 44.7 Å². The second kappa shape index (κ2) is 8.63. The number of benzene rings is 1.